The fourth-order valence-electron chi connectivity index (χ4n) is 3.09. The third-order valence-corrected chi connectivity index (χ3v) is 4.42. The summed E-state index contributed by atoms with van der Waals surface area (Å²) in [5, 5.41) is 5.41. The summed E-state index contributed by atoms with van der Waals surface area (Å²) in [6, 6.07) is 8.14. The van der Waals surface area contributed by atoms with Crippen LogP contribution in [0.4, 0.5) is 18.9 Å². The molecule has 0 saturated carbocycles. The minimum Gasteiger partial charge on any atom is -0.495 e. The molecule has 1 N–H and O–H groups in total. The van der Waals surface area contributed by atoms with E-state index in [1.54, 1.807) is 12.0 Å². The molecular formula is C17H19F3N4O2. The number of hydrogen-bond donors (Lipinski definition) is 1. The topological polar surface area (TPSA) is 61.5 Å². The summed E-state index contributed by atoms with van der Waals surface area (Å²) in [6.45, 7) is 3.33. The normalized spacial score (nSPS) is 18.1. The van der Waals surface area contributed by atoms with Crippen molar-refractivity contribution in [3.8, 4) is 5.75 Å². The number of rotatable bonds is 3. The summed E-state index contributed by atoms with van der Waals surface area (Å²) in [7, 11) is 1.60. The number of methoxy groups -OCH3 is 1. The van der Waals surface area contributed by atoms with Crippen molar-refractivity contribution in [3.05, 3.63) is 41.7 Å². The van der Waals surface area contributed by atoms with Crippen LogP contribution in [0.1, 0.15) is 23.1 Å². The van der Waals surface area contributed by atoms with Gasteiger partial charge in [-0.3, -0.25) is 9.89 Å². The zero-order valence-electron chi connectivity index (χ0n) is 14.4. The first kappa shape index (κ1) is 18.1. The van der Waals surface area contributed by atoms with Crippen LogP contribution < -0.4 is 9.64 Å². The highest BCUT2D eigenvalue weighted by molar-refractivity contribution is 5.92. The molecule has 0 spiro atoms. The molecule has 1 aliphatic heterocycles. The van der Waals surface area contributed by atoms with Gasteiger partial charge in [0.25, 0.3) is 5.91 Å². The van der Waals surface area contributed by atoms with Gasteiger partial charge in [0.15, 0.2) is 5.69 Å². The van der Waals surface area contributed by atoms with E-state index < -0.39 is 17.8 Å². The van der Waals surface area contributed by atoms with Crippen LogP contribution in [0, 0.1) is 0 Å². The van der Waals surface area contributed by atoms with Gasteiger partial charge in [-0.1, -0.05) is 12.1 Å². The van der Waals surface area contributed by atoms with E-state index in [0.29, 0.717) is 19.6 Å². The number of aromatic amines is 1. The first-order chi connectivity index (χ1) is 12.3. The largest absolute Gasteiger partial charge is 0.495 e. The number of halogens is 3. The second-order valence-corrected chi connectivity index (χ2v) is 6.13. The highest BCUT2D eigenvalue weighted by Crippen LogP contribution is 2.30. The zero-order chi connectivity index (χ0) is 18.9. The van der Waals surface area contributed by atoms with Crippen LogP contribution in [0.3, 0.4) is 0 Å². The lowest BCUT2D eigenvalue weighted by Gasteiger charge is -2.41. The SMILES string of the molecule is COc1ccccc1N1CCN(C(=O)c2cc(C(F)(F)F)[nH]n2)[C@H](C)C1. The average molecular weight is 368 g/mol. The Hall–Kier alpha value is -2.71. The Balaban J connectivity index is 1.73. The van der Waals surface area contributed by atoms with Crippen molar-refractivity contribution in [3.63, 3.8) is 0 Å². The molecule has 26 heavy (non-hydrogen) atoms. The van der Waals surface area contributed by atoms with Crippen LogP contribution in [0.25, 0.3) is 0 Å². The Kier molecular flexibility index (Phi) is 4.80. The summed E-state index contributed by atoms with van der Waals surface area (Å²) in [5.74, 6) is 0.227. The number of para-hydroxylation sites is 2. The first-order valence-electron chi connectivity index (χ1n) is 8.13. The van der Waals surface area contributed by atoms with Crippen molar-refractivity contribution >= 4 is 11.6 Å². The van der Waals surface area contributed by atoms with E-state index in [4.69, 9.17) is 4.74 Å². The van der Waals surface area contributed by atoms with Gasteiger partial charge in [0.2, 0.25) is 0 Å². The lowest BCUT2D eigenvalue weighted by Crippen LogP contribution is -2.54. The number of amides is 1. The number of nitrogens with zero attached hydrogens (tertiary/aromatic N) is 3. The maximum atomic E-state index is 12.7. The number of piperazine rings is 1. The molecule has 0 unspecified atom stereocenters. The van der Waals surface area contributed by atoms with E-state index in [2.05, 4.69) is 10.00 Å². The summed E-state index contributed by atoms with van der Waals surface area (Å²) >= 11 is 0. The van der Waals surface area contributed by atoms with Crippen molar-refractivity contribution in [2.75, 3.05) is 31.6 Å². The average Bonchev–Trinajstić information content (AvgIpc) is 3.11. The summed E-state index contributed by atoms with van der Waals surface area (Å²) in [6.07, 6.45) is -4.56. The molecular weight excluding hydrogens is 349 g/mol. The molecule has 1 aromatic heterocycles. The van der Waals surface area contributed by atoms with Gasteiger partial charge in [0, 0.05) is 31.7 Å². The Morgan fingerprint density at radius 1 is 1.31 bits per heavy atom. The molecule has 6 nitrogen and oxygen atoms in total. The number of hydrogen-bond acceptors (Lipinski definition) is 4. The number of anilines is 1. The summed E-state index contributed by atoms with van der Waals surface area (Å²) < 4.78 is 43.4. The van der Waals surface area contributed by atoms with Crippen LogP contribution in [0.2, 0.25) is 0 Å². The summed E-state index contributed by atoms with van der Waals surface area (Å²) in [5.41, 5.74) is -0.329. The van der Waals surface area contributed by atoms with E-state index in [-0.39, 0.29) is 11.7 Å². The van der Waals surface area contributed by atoms with E-state index in [1.165, 1.54) is 0 Å². The van der Waals surface area contributed by atoms with Crippen LogP contribution in [-0.4, -0.2) is 53.8 Å². The Bertz CT molecular complexity index is 790. The number of nitrogens with one attached hydrogen (secondary N) is 1. The predicted molar refractivity (Wildman–Crippen MR) is 89.3 cm³/mol. The Labute approximate surface area is 148 Å². The molecule has 9 heteroatoms. The Morgan fingerprint density at radius 2 is 2.04 bits per heavy atom. The number of carbonyl (C=O) groups excluding carboxylic acids is 1. The molecule has 0 bridgehead atoms. The fraction of sp³-hybridized carbons (Fsp3) is 0.412. The molecule has 3 rings (SSSR count). The second-order valence-electron chi connectivity index (χ2n) is 6.13. The van der Waals surface area contributed by atoms with Crippen LogP contribution >= 0.6 is 0 Å². The van der Waals surface area contributed by atoms with Crippen molar-refractivity contribution < 1.29 is 22.7 Å². The van der Waals surface area contributed by atoms with Crippen molar-refractivity contribution in [2.24, 2.45) is 0 Å². The minimum atomic E-state index is -4.56. The summed E-state index contributed by atoms with van der Waals surface area (Å²) in [4.78, 5) is 16.2. The molecule has 0 radical (unpaired) electrons. The lowest BCUT2D eigenvalue weighted by molar-refractivity contribution is -0.141. The number of H-pyrrole nitrogens is 1. The fourth-order valence-corrected chi connectivity index (χ4v) is 3.09. The van der Waals surface area contributed by atoms with Gasteiger partial charge in [-0.2, -0.15) is 18.3 Å². The molecule has 2 heterocycles. The van der Waals surface area contributed by atoms with Crippen LogP contribution in [0.5, 0.6) is 5.75 Å². The second kappa shape index (κ2) is 6.89. The first-order valence-corrected chi connectivity index (χ1v) is 8.13. The highest BCUT2D eigenvalue weighted by Gasteiger charge is 2.36. The van der Waals surface area contributed by atoms with Gasteiger partial charge >= 0.3 is 6.18 Å². The van der Waals surface area contributed by atoms with Crippen LogP contribution in [0.15, 0.2) is 30.3 Å². The number of ether oxygens (including phenoxy) is 1. The maximum absolute atomic E-state index is 12.7. The molecule has 1 aliphatic rings. The Morgan fingerprint density at radius 3 is 2.65 bits per heavy atom. The van der Waals surface area contributed by atoms with Gasteiger partial charge in [-0.05, 0) is 19.1 Å². The molecule has 2 aromatic rings. The predicted octanol–water partition coefficient (Wildman–Crippen LogP) is 2.79. The van der Waals surface area contributed by atoms with Gasteiger partial charge in [-0.15, -0.1) is 0 Å². The third-order valence-electron chi connectivity index (χ3n) is 4.42. The van der Waals surface area contributed by atoms with E-state index >= 15 is 0 Å². The van der Waals surface area contributed by atoms with E-state index in [9.17, 15) is 18.0 Å². The van der Waals surface area contributed by atoms with Crippen LogP contribution in [-0.2, 0) is 6.18 Å². The van der Waals surface area contributed by atoms with Gasteiger partial charge in [0.05, 0.1) is 12.8 Å². The molecule has 0 aliphatic carbocycles. The molecule has 1 amide bonds. The molecule has 140 valence electrons. The minimum absolute atomic E-state index is 0.188. The third kappa shape index (κ3) is 3.47. The van der Waals surface area contributed by atoms with Crippen molar-refractivity contribution in [2.45, 2.75) is 19.1 Å². The quantitative estimate of drug-likeness (QED) is 0.905. The molecule has 1 fully saturated rings. The number of carbonyl (C=O) groups is 1. The van der Waals surface area contributed by atoms with Crippen molar-refractivity contribution in [1.82, 2.24) is 15.1 Å². The highest BCUT2D eigenvalue weighted by atomic mass is 19.4. The van der Waals surface area contributed by atoms with E-state index in [0.717, 1.165) is 17.5 Å². The standard InChI is InChI=1S/C17H19F3N4O2/c1-11-10-23(13-5-3-4-6-14(13)26-2)7-8-24(11)16(25)12-9-15(22-21-12)17(18,19)20/h3-6,9,11H,7-8,10H2,1-2H3,(H,21,22)/t11-/m1/s1. The smallest absolute Gasteiger partial charge is 0.432 e. The molecule has 1 atom stereocenters. The number of alkyl halides is 3. The monoisotopic (exact) mass is 368 g/mol. The number of benzene rings is 1. The zero-order valence-corrected chi connectivity index (χ0v) is 14.4. The van der Waals surface area contributed by atoms with E-state index in [1.807, 2.05) is 36.3 Å². The van der Waals surface area contributed by atoms with Gasteiger partial charge in [0.1, 0.15) is 11.4 Å². The maximum Gasteiger partial charge on any atom is 0.432 e. The number of aromatic nitrogens is 2. The van der Waals surface area contributed by atoms with Gasteiger partial charge < -0.3 is 14.5 Å². The molecule has 1 aromatic carbocycles. The van der Waals surface area contributed by atoms with Crippen molar-refractivity contribution in [1.29, 1.82) is 0 Å². The lowest BCUT2D eigenvalue weighted by atomic mass is 10.1. The van der Waals surface area contributed by atoms with Gasteiger partial charge in [-0.25, -0.2) is 0 Å². The molecule has 1 saturated heterocycles.